The van der Waals surface area contributed by atoms with Crippen LogP contribution in [-0.4, -0.2) is 48.1 Å². The molecule has 1 aromatic heterocycles. The average molecular weight is 267 g/mol. The fraction of sp³-hybridized carbons (Fsp3) is 0.692. The third-order valence-corrected chi connectivity index (χ3v) is 4.05. The highest BCUT2D eigenvalue weighted by Crippen LogP contribution is 2.27. The van der Waals surface area contributed by atoms with Crippen molar-refractivity contribution in [3.8, 4) is 0 Å². The van der Waals surface area contributed by atoms with Crippen LogP contribution in [0.4, 0.5) is 10.4 Å². The Balaban J connectivity index is 1.57. The number of hydrogen-bond donors (Lipinski definition) is 0. The molecule has 104 valence electrons. The number of amides is 1. The first kappa shape index (κ1) is 12.4. The molecule has 3 rings (SSSR count). The summed E-state index contributed by atoms with van der Waals surface area (Å²) in [5.41, 5.74) is 0. The number of likely N-dealkylation sites (tertiary alicyclic amines) is 1. The topological polar surface area (TPSA) is 49.6 Å². The summed E-state index contributed by atoms with van der Waals surface area (Å²) in [6.07, 6.45) is 5.37. The molecule has 0 radical (unpaired) electrons. The second-order valence-electron chi connectivity index (χ2n) is 5.30. The number of aromatic nitrogens is 1. The molecule has 2 aliphatic rings. The lowest BCUT2D eigenvalue weighted by atomic mass is 10.0. The summed E-state index contributed by atoms with van der Waals surface area (Å²) in [6.45, 7) is 1.85. The van der Waals surface area contributed by atoms with Crippen LogP contribution < -0.4 is 4.90 Å². The van der Waals surface area contributed by atoms with Gasteiger partial charge in [-0.05, 0) is 12.8 Å². The lowest BCUT2D eigenvalue weighted by Crippen LogP contribution is -2.45. The molecule has 0 N–H and O–H groups in total. The molecule has 5 nitrogen and oxygen atoms in total. The normalized spacial score (nSPS) is 25.3. The highest BCUT2D eigenvalue weighted by Gasteiger charge is 2.36. The Labute approximate surface area is 111 Å². The van der Waals surface area contributed by atoms with Crippen molar-refractivity contribution in [2.24, 2.45) is 5.92 Å². The van der Waals surface area contributed by atoms with Gasteiger partial charge in [0.15, 0.2) is 0 Å². The van der Waals surface area contributed by atoms with Gasteiger partial charge in [0.1, 0.15) is 6.26 Å². The van der Waals surface area contributed by atoms with Gasteiger partial charge in [0.2, 0.25) is 5.91 Å². The van der Waals surface area contributed by atoms with E-state index in [9.17, 15) is 9.18 Å². The third-order valence-electron chi connectivity index (χ3n) is 4.05. The summed E-state index contributed by atoms with van der Waals surface area (Å²) in [7, 11) is 0. The van der Waals surface area contributed by atoms with Gasteiger partial charge >= 0.3 is 0 Å². The molecule has 2 fully saturated rings. The Morgan fingerprint density at radius 2 is 2.21 bits per heavy atom. The highest BCUT2D eigenvalue weighted by molar-refractivity contribution is 5.79. The molecule has 6 heteroatoms. The molecule has 1 unspecified atom stereocenters. The van der Waals surface area contributed by atoms with Crippen LogP contribution in [0.3, 0.4) is 0 Å². The molecule has 0 saturated carbocycles. The largest absolute Gasteiger partial charge is 0.432 e. The zero-order valence-corrected chi connectivity index (χ0v) is 10.8. The number of nitrogens with zero attached hydrogens (tertiary/aromatic N) is 3. The van der Waals surface area contributed by atoms with Gasteiger partial charge in [0.25, 0.3) is 6.01 Å². The van der Waals surface area contributed by atoms with Gasteiger partial charge in [0, 0.05) is 38.0 Å². The number of hydrogen-bond acceptors (Lipinski definition) is 4. The van der Waals surface area contributed by atoms with Gasteiger partial charge in [-0.3, -0.25) is 9.18 Å². The zero-order chi connectivity index (χ0) is 13.2. The second-order valence-corrected chi connectivity index (χ2v) is 5.30. The van der Waals surface area contributed by atoms with Crippen LogP contribution in [0.5, 0.6) is 0 Å². The molecule has 2 saturated heterocycles. The lowest BCUT2D eigenvalue weighted by Gasteiger charge is -2.36. The van der Waals surface area contributed by atoms with E-state index >= 15 is 0 Å². The summed E-state index contributed by atoms with van der Waals surface area (Å²) >= 11 is 0. The number of halogens is 1. The first-order chi connectivity index (χ1) is 9.28. The minimum absolute atomic E-state index is 0.0997. The van der Waals surface area contributed by atoms with E-state index in [1.807, 2.05) is 4.90 Å². The van der Waals surface area contributed by atoms with Crippen molar-refractivity contribution < 1.29 is 13.6 Å². The van der Waals surface area contributed by atoms with E-state index in [0.717, 1.165) is 25.9 Å². The third kappa shape index (κ3) is 2.43. The zero-order valence-electron chi connectivity index (χ0n) is 10.8. The van der Waals surface area contributed by atoms with Gasteiger partial charge in [-0.15, -0.1) is 0 Å². The SMILES string of the molecule is O=C1CC(CF)CN1C1CCN(c2ncco2)CC1. The summed E-state index contributed by atoms with van der Waals surface area (Å²) in [4.78, 5) is 20.0. The maximum absolute atomic E-state index is 12.7. The maximum atomic E-state index is 12.7. The smallest absolute Gasteiger partial charge is 0.297 e. The first-order valence-corrected chi connectivity index (χ1v) is 6.78. The number of alkyl halides is 1. The van der Waals surface area contributed by atoms with E-state index in [1.165, 1.54) is 0 Å². The predicted octanol–water partition coefficient (Wildman–Crippen LogP) is 1.46. The van der Waals surface area contributed by atoms with E-state index in [2.05, 4.69) is 9.88 Å². The summed E-state index contributed by atoms with van der Waals surface area (Å²) in [5.74, 6) is 0.00879. The van der Waals surface area contributed by atoms with E-state index in [-0.39, 0.29) is 17.9 Å². The first-order valence-electron chi connectivity index (χ1n) is 6.78. The maximum Gasteiger partial charge on any atom is 0.297 e. The molecule has 19 heavy (non-hydrogen) atoms. The monoisotopic (exact) mass is 267 g/mol. The molecule has 2 aliphatic heterocycles. The van der Waals surface area contributed by atoms with Crippen LogP contribution in [0.15, 0.2) is 16.9 Å². The Morgan fingerprint density at radius 3 is 2.79 bits per heavy atom. The van der Waals surface area contributed by atoms with Gasteiger partial charge in [-0.2, -0.15) is 0 Å². The van der Waals surface area contributed by atoms with E-state index < -0.39 is 6.67 Å². The van der Waals surface area contributed by atoms with Crippen molar-refractivity contribution in [3.63, 3.8) is 0 Å². The molecule has 0 aliphatic carbocycles. The molecular weight excluding hydrogens is 249 g/mol. The summed E-state index contributed by atoms with van der Waals surface area (Å²) < 4.78 is 17.9. The molecule has 0 aromatic carbocycles. The van der Waals surface area contributed by atoms with Gasteiger partial charge in [0.05, 0.1) is 12.9 Å². The van der Waals surface area contributed by atoms with Crippen molar-refractivity contribution in [1.82, 2.24) is 9.88 Å². The number of carbonyl (C=O) groups is 1. The molecule has 3 heterocycles. The van der Waals surface area contributed by atoms with E-state index in [4.69, 9.17) is 4.42 Å². The highest BCUT2D eigenvalue weighted by atomic mass is 19.1. The number of carbonyl (C=O) groups excluding carboxylic acids is 1. The van der Waals surface area contributed by atoms with Crippen molar-refractivity contribution in [2.75, 3.05) is 31.2 Å². The van der Waals surface area contributed by atoms with E-state index in [0.29, 0.717) is 19.0 Å². The minimum Gasteiger partial charge on any atom is -0.432 e. The second kappa shape index (κ2) is 5.19. The Bertz CT molecular complexity index is 429. The standard InChI is InChI=1S/C13H18FN3O2/c14-8-10-7-12(18)17(9-10)11-1-4-16(5-2-11)13-15-3-6-19-13/h3,6,10-11H,1-2,4-5,7-9H2. The van der Waals surface area contributed by atoms with Crippen LogP contribution in [0.2, 0.25) is 0 Å². The predicted molar refractivity (Wildman–Crippen MR) is 67.5 cm³/mol. The Hall–Kier alpha value is -1.59. The van der Waals surface area contributed by atoms with Crippen LogP contribution in [-0.2, 0) is 4.79 Å². The fourth-order valence-corrected chi connectivity index (χ4v) is 3.01. The van der Waals surface area contributed by atoms with Crippen molar-refractivity contribution in [2.45, 2.75) is 25.3 Å². The van der Waals surface area contributed by atoms with Crippen molar-refractivity contribution in [3.05, 3.63) is 12.5 Å². The molecule has 0 bridgehead atoms. The van der Waals surface area contributed by atoms with Gasteiger partial charge < -0.3 is 14.2 Å². The number of anilines is 1. The molecule has 1 aromatic rings. The van der Waals surface area contributed by atoms with Gasteiger partial charge in [-0.1, -0.05) is 0 Å². The van der Waals surface area contributed by atoms with Crippen LogP contribution in [0, 0.1) is 5.92 Å². The molecular formula is C13H18FN3O2. The van der Waals surface area contributed by atoms with Crippen LogP contribution in [0.25, 0.3) is 0 Å². The number of oxazole rings is 1. The molecule has 0 spiro atoms. The number of rotatable bonds is 3. The van der Waals surface area contributed by atoms with Crippen LogP contribution in [0.1, 0.15) is 19.3 Å². The Kier molecular flexibility index (Phi) is 3.40. The average Bonchev–Trinajstić information content (AvgIpc) is 3.08. The minimum atomic E-state index is -0.391. The Morgan fingerprint density at radius 1 is 1.42 bits per heavy atom. The lowest BCUT2D eigenvalue weighted by molar-refractivity contribution is -0.130. The van der Waals surface area contributed by atoms with Gasteiger partial charge in [-0.25, -0.2) is 4.98 Å². The molecule has 1 amide bonds. The summed E-state index contributed by atoms with van der Waals surface area (Å²) in [5, 5.41) is 0. The molecule has 1 atom stereocenters. The number of piperidine rings is 1. The van der Waals surface area contributed by atoms with Crippen LogP contribution >= 0.6 is 0 Å². The van der Waals surface area contributed by atoms with Crippen molar-refractivity contribution >= 4 is 11.9 Å². The summed E-state index contributed by atoms with van der Waals surface area (Å²) in [6, 6.07) is 0.892. The van der Waals surface area contributed by atoms with E-state index in [1.54, 1.807) is 12.5 Å². The van der Waals surface area contributed by atoms with Crippen molar-refractivity contribution in [1.29, 1.82) is 0 Å². The fourth-order valence-electron chi connectivity index (χ4n) is 3.01. The quantitative estimate of drug-likeness (QED) is 0.832.